The van der Waals surface area contributed by atoms with Crippen LogP contribution in [0.1, 0.15) is 59.8 Å². The molecule has 114 valence electrons. The Morgan fingerprint density at radius 2 is 2.20 bits per heavy atom. The van der Waals surface area contributed by atoms with Crippen LogP contribution in [0.3, 0.4) is 0 Å². The third-order valence-electron chi connectivity index (χ3n) is 5.36. The van der Waals surface area contributed by atoms with Crippen molar-refractivity contribution in [3.05, 3.63) is 0 Å². The molecule has 3 aliphatic heterocycles. The molecule has 5 unspecified atom stereocenters. The highest BCUT2D eigenvalue weighted by Crippen LogP contribution is 2.41. The van der Waals surface area contributed by atoms with E-state index in [1.165, 1.54) is 6.42 Å². The third kappa shape index (κ3) is 2.17. The lowest BCUT2D eigenvalue weighted by Gasteiger charge is -2.34. The Morgan fingerprint density at radius 1 is 1.45 bits per heavy atom. The van der Waals surface area contributed by atoms with E-state index in [0.29, 0.717) is 18.1 Å². The Hall–Kier alpha value is -0.610. The number of nitrogens with one attached hydrogen (secondary N) is 1. The first-order valence-electron chi connectivity index (χ1n) is 8.20. The Labute approximate surface area is 122 Å². The average molecular weight is 280 g/mol. The molecule has 5 atom stereocenters. The number of carbonyl (C=O) groups excluding carboxylic acids is 1. The van der Waals surface area contributed by atoms with Gasteiger partial charge in [0, 0.05) is 0 Å². The highest BCUT2D eigenvalue weighted by molar-refractivity contribution is 5.88. The van der Waals surface area contributed by atoms with Crippen molar-refractivity contribution >= 4 is 5.91 Å². The van der Waals surface area contributed by atoms with Crippen LogP contribution in [-0.2, 0) is 9.53 Å². The first-order valence-corrected chi connectivity index (χ1v) is 8.20. The molecule has 0 aliphatic carbocycles. The predicted octanol–water partition coefficient (Wildman–Crippen LogP) is 2.28. The molecule has 0 aromatic heterocycles. The Balaban J connectivity index is 1.83. The number of hydrogen-bond acceptors (Lipinski definition) is 3. The molecule has 3 aliphatic rings. The number of rotatable bonds is 4. The number of ether oxygens (including phenoxy) is 1. The van der Waals surface area contributed by atoms with Gasteiger partial charge in [-0.05, 0) is 44.9 Å². The van der Waals surface area contributed by atoms with Crippen LogP contribution in [0.2, 0.25) is 0 Å². The molecule has 3 rings (SSSR count). The van der Waals surface area contributed by atoms with E-state index in [1.54, 1.807) is 0 Å². The molecule has 1 N–H and O–H groups in total. The van der Waals surface area contributed by atoms with E-state index in [9.17, 15) is 4.79 Å². The van der Waals surface area contributed by atoms with Gasteiger partial charge in [-0.15, -0.1) is 0 Å². The highest BCUT2D eigenvalue weighted by Gasteiger charge is 2.54. The summed E-state index contributed by atoms with van der Waals surface area (Å²) in [7, 11) is 0. The molecule has 3 heterocycles. The molecule has 4 nitrogen and oxygen atoms in total. The number of carbonyl (C=O) groups is 1. The van der Waals surface area contributed by atoms with Crippen molar-refractivity contribution in [3.63, 3.8) is 0 Å². The van der Waals surface area contributed by atoms with Crippen LogP contribution in [-0.4, -0.2) is 40.8 Å². The van der Waals surface area contributed by atoms with Gasteiger partial charge in [-0.2, -0.15) is 0 Å². The van der Waals surface area contributed by atoms with Gasteiger partial charge in [0.1, 0.15) is 0 Å². The zero-order chi connectivity index (χ0) is 14.5. The standard InChI is InChI=1S/C16H28N2O2/c1-5-16(4)15(19)18(14(17-16)8-10(2)3)12-9-11-6-7-13(12)20-11/h10-14,17H,5-9H2,1-4H3. The number of hydrogen-bond donors (Lipinski definition) is 1. The van der Waals surface area contributed by atoms with Crippen molar-refractivity contribution < 1.29 is 9.53 Å². The Bertz CT molecular complexity index is 398. The summed E-state index contributed by atoms with van der Waals surface area (Å²) in [4.78, 5) is 15.1. The summed E-state index contributed by atoms with van der Waals surface area (Å²) in [5, 5.41) is 3.61. The largest absolute Gasteiger partial charge is 0.373 e. The van der Waals surface area contributed by atoms with Crippen LogP contribution in [0.4, 0.5) is 0 Å². The average Bonchev–Trinajstić information content (AvgIpc) is 3.05. The van der Waals surface area contributed by atoms with Gasteiger partial charge in [0.15, 0.2) is 0 Å². The minimum Gasteiger partial charge on any atom is -0.373 e. The molecule has 0 radical (unpaired) electrons. The summed E-state index contributed by atoms with van der Waals surface area (Å²) in [6.07, 6.45) is 6.05. The molecule has 3 saturated heterocycles. The fraction of sp³-hybridized carbons (Fsp3) is 0.938. The lowest BCUT2D eigenvalue weighted by atomic mass is 9.92. The van der Waals surface area contributed by atoms with Gasteiger partial charge in [-0.3, -0.25) is 10.1 Å². The molecule has 0 saturated carbocycles. The van der Waals surface area contributed by atoms with E-state index < -0.39 is 0 Å². The summed E-state index contributed by atoms with van der Waals surface area (Å²) >= 11 is 0. The van der Waals surface area contributed by atoms with E-state index >= 15 is 0 Å². The summed E-state index contributed by atoms with van der Waals surface area (Å²) in [5.41, 5.74) is -0.388. The van der Waals surface area contributed by atoms with Gasteiger partial charge in [-0.1, -0.05) is 20.8 Å². The zero-order valence-electron chi connectivity index (χ0n) is 13.2. The van der Waals surface area contributed by atoms with Crippen molar-refractivity contribution in [1.82, 2.24) is 10.2 Å². The highest BCUT2D eigenvalue weighted by atomic mass is 16.5. The third-order valence-corrected chi connectivity index (χ3v) is 5.36. The van der Waals surface area contributed by atoms with Crippen molar-refractivity contribution in [1.29, 1.82) is 0 Å². The fourth-order valence-corrected chi connectivity index (χ4v) is 4.08. The normalized spacial score (nSPS) is 44.0. The number of amides is 1. The Kier molecular flexibility index (Phi) is 3.57. The first kappa shape index (κ1) is 14.3. The van der Waals surface area contributed by atoms with Crippen molar-refractivity contribution in [2.24, 2.45) is 5.92 Å². The van der Waals surface area contributed by atoms with Crippen molar-refractivity contribution in [2.75, 3.05) is 0 Å². The second-order valence-corrected chi connectivity index (χ2v) is 7.36. The maximum absolute atomic E-state index is 12.9. The van der Waals surface area contributed by atoms with Crippen LogP contribution in [0.5, 0.6) is 0 Å². The van der Waals surface area contributed by atoms with Crippen LogP contribution < -0.4 is 5.32 Å². The number of fused-ring (bicyclic) bond motifs is 2. The quantitative estimate of drug-likeness (QED) is 0.859. The second kappa shape index (κ2) is 4.99. The molecule has 1 amide bonds. The maximum Gasteiger partial charge on any atom is 0.244 e. The van der Waals surface area contributed by atoms with Crippen LogP contribution >= 0.6 is 0 Å². The van der Waals surface area contributed by atoms with E-state index in [-0.39, 0.29) is 23.7 Å². The summed E-state index contributed by atoms with van der Waals surface area (Å²) in [5.74, 6) is 0.869. The molecule has 3 fully saturated rings. The minimum absolute atomic E-state index is 0.181. The van der Waals surface area contributed by atoms with Crippen LogP contribution in [0.25, 0.3) is 0 Å². The van der Waals surface area contributed by atoms with Crippen molar-refractivity contribution in [2.45, 2.75) is 89.8 Å². The van der Waals surface area contributed by atoms with Crippen LogP contribution in [0.15, 0.2) is 0 Å². The van der Waals surface area contributed by atoms with Gasteiger partial charge >= 0.3 is 0 Å². The van der Waals surface area contributed by atoms with Crippen LogP contribution in [0, 0.1) is 5.92 Å². The van der Waals surface area contributed by atoms with E-state index in [4.69, 9.17) is 4.74 Å². The summed E-state index contributed by atoms with van der Waals surface area (Å²) < 4.78 is 5.98. The molecular weight excluding hydrogens is 252 g/mol. The lowest BCUT2D eigenvalue weighted by Crippen LogP contribution is -2.49. The van der Waals surface area contributed by atoms with E-state index in [0.717, 1.165) is 25.7 Å². The summed E-state index contributed by atoms with van der Waals surface area (Å²) in [6.45, 7) is 8.60. The monoisotopic (exact) mass is 280 g/mol. The first-order chi connectivity index (χ1) is 9.44. The fourth-order valence-electron chi connectivity index (χ4n) is 4.08. The van der Waals surface area contributed by atoms with Gasteiger partial charge in [0.2, 0.25) is 5.91 Å². The van der Waals surface area contributed by atoms with E-state index in [2.05, 4.69) is 37.9 Å². The van der Waals surface area contributed by atoms with E-state index in [1.807, 2.05) is 0 Å². The van der Waals surface area contributed by atoms with Gasteiger partial charge < -0.3 is 9.64 Å². The molecule has 20 heavy (non-hydrogen) atoms. The lowest BCUT2D eigenvalue weighted by molar-refractivity contribution is -0.136. The SMILES string of the molecule is CCC1(C)NC(CC(C)C)N(C2CC3CCC2O3)C1=O. The maximum atomic E-state index is 12.9. The predicted molar refractivity (Wildman–Crippen MR) is 78.2 cm³/mol. The van der Waals surface area contributed by atoms with Gasteiger partial charge in [-0.25, -0.2) is 0 Å². The molecular formula is C16H28N2O2. The molecule has 0 aromatic rings. The topological polar surface area (TPSA) is 41.6 Å². The minimum atomic E-state index is -0.388. The number of nitrogens with zero attached hydrogens (tertiary/aromatic N) is 1. The molecule has 0 aromatic carbocycles. The molecule has 0 spiro atoms. The van der Waals surface area contributed by atoms with Gasteiger partial charge in [0.25, 0.3) is 0 Å². The smallest absolute Gasteiger partial charge is 0.244 e. The summed E-state index contributed by atoms with van der Waals surface area (Å²) in [6, 6.07) is 0.297. The zero-order valence-corrected chi connectivity index (χ0v) is 13.2. The Morgan fingerprint density at radius 3 is 2.70 bits per heavy atom. The molecule has 2 bridgehead atoms. The van der Waals surface area contributed by atoms with Gasteiger partial charge in [0.05, 0.1) is 30.0 Å². The molecule has 4 heteroatoms. The van der Waals surface area contributed by atoms with Crippen molar-refractivity contribution in [3.8, 4) is 0 Å². The second-order valence-electron chi connectivity index (χ2n) is 7.36.